The lowest BCUT2D eigenvalue weighted by atomic mass is 10.0. The van der Waals surface area contributed by atoms with Crippen LogP contribution in [0.5, 0.6) is 0 Å². The lowest BCUT2D eigenvalue weighted by molar-refractivity contribution is 0.0526. The van der Waals surface area contributed by atoms with Crippen molar-refractivity contribution in [3.05, 3.63) is 99.1 Å². The number of carbonyl (C=O) groups excluding carboxylic acids is 1. The average Bonchev–Trinajstić information content (AvgIpc) is 3.48. The van der Waals surface area contributed by atoms with Gasteiger partial charge in [-0.15, -0.1) is 11.3 Å². The minimum absolute atomic E-state index is 0.312. The van der Waals surface area contributed by atoms with E-state index in [1.165, 1.54) is 10.4 Å². The van der Waals surface area contributed by atoms with Gasteiger partial charge in [-0.25, -0.2) is 9.79 Å². The van der Waals surface area contributed by atoms with E-state index in [-0.39, 0.29) is 5.97 Å². The smallest absolute Gasteiger partial charge is 0.341 e. The second-order valence-corrected chi connectivity index (χ2v) is 9.84. The highest BCUT2D eigenvalue weighted by Crippen LogP contribution is 2.40. The standard InChI is InChI=1S/C28H25ClN2O3S/c1-2-33-28(32)26-23-13-14-31(17-19-7-4-3-5-8-19)18-25(23)35-27(26)30-16-22-11-12-24(34-22)20-9-6-10-21(29)15-20/h3-12,15-16H,2,13-14,17-18H2,1H3. The van der Waals surface area contributed by atoms with E-state index in [4.69, 9.17) is 20.8 Å². The van der Waals surface area contributed by atoms with Gasteiger partial charge in [0.05, 0.1) is 18.4 Å². The van der Waals surface area contributed by atoms with Crippen LogP contribution in [0.15, 0.2) is 76.1 Å². The maximum absolute atomic E-state index is 12.9. The fourth-order valence-corrected chi connectivity index (χ4v) is 5.68. The first kappa shape index (κ1) is 23.5. The fraction of sp³-hybridized carbons (Fsp3) is 0.214. The summed E-state index contributed by atoms with van der Waals surface area (Å²) in [6.07, 6.45) is 2.46. The second kappa shape index (κ2) is 10.6. The van der Waals surface area contributed by atoms with E-state index in [2.05, 4.69) is 34.2 Å². The van der Waals surface area contributed by atoms with Crippen LogP contribution in [0.25, 0.3) is 11.3 Å². The monoisotopic (exact) mass is 504 g/mol. The van der Waals surface area contributed by atoms with Crippen molar-refractivity contribution in [2.75, 3.05) is 13.2 Å². The molecule has 3 heterocycles. The van der Waals surface area contributed by atoms with Crippen molar-refractivity contribution < 1.29 is 13.9 Å². The third kappa shape index (κ3) is 5.40. The molecule has 0 saturated heterocycles. The number of hydrogen-bond acceptors (Lipinski definition) is 6. The first-order valence-corrected chi connectivity index (χ1v) is 12.8. The molecule has 0 saturated carbocycles. The number of esters is 1. The van der Waals surface area contributed by atoms with Crippen LogP contribution >= 0.6 is 22.9 Å². The predicted molar refractivity (Wildman–Crippen MR) is 141 cm³/mol. The van der Waals surface area contributed by atoms with E-state index in [0.29, 0.717) is 33.7 Å². The van der Waals surface area contributed by atoms with E-state index in [1.54, 1.807) is 17.6 Å². The third-order valence-corrected chi connectivity index (χ3v) is 7.25. The van der Waals surface area contributed by atoms with Crippen LogP contribution in [-0.4, -0.2) is 30.2 Å². The van der Waals surface area contributed by atoms with Crippen LogP contribution in [0.2, 0.25) is 5.02 Å². The molecular weight excluding hydrogens is 480 g/mol. The average molecular weight is 505 g/mol. The van der Waals surface area contributed by atoms with Gasteiger partial charge in [-0.3, -0.25) is 4.90 Å². The SMILES string of the molecule is CCOC(=O)c1c(N=Cc2ccc(-c3cccc(Cl)c3)o2)sc2c1CCN(Cc1ccccc1)C2. The molecule has 1 aliphatic heterocycles. The molecule has 0 fully saturated rings. The summed E-state index contributed by atoms with van der Waals surface area (Å²) >= 11 is 7.66. The van der Waals surface area contributed by atoms with E-state index in [1.807, 2.05) is 49.4 Å². The third-order valence-electron chi connectivity index (χ3n) is 5.89. The Morgan fingerprint density at radius 1 is 1.17 bits per heavy atom. The first-order chi connectivity index (χ1) is 17.1. The lowest BCUT2D eigenvalue weighted by Gasteiger charge is -2.27. The van der Waals surface area contributed by atoms with Crippen molar-refractivity contribution in [1.82, 2.24) is 4.90 Å². The van der Waals surface area contributed by atoms with Crippen molar-refractivity contribution in [3.63, 3.8) is 0 Å². The molecule has 0 bridgehead atoms. The highest BCUT2D eigenvalue weighted by atomic mass is 35.5. The van der Waals surface area contributed by atoms with E-state index in [9.17, 15) is 4.79 Å². The normalized spacial score (nSPS) is 13.8. The Labute approximate surface area is 213 Å². The van der Waals surface area contributed by atoms with Gasteiger partial charge in [0.25, 0.3) is 0 Å². The molecule has 1 aliphatic rings. The van der Waals surface area contributed by atoms with Crippen molar-refractivity contribution in [1.29, 1.82) is 0 Å². The van der Waals surface area contributed by atoms with Crippen molar-refractivity contribution in [2.24, 2.45) is 4.99 Å². The lowest BCUT2D eigenvalue weighted by Crippen LogP contribution is -2.29. The molecule has 0 spiro atoms. The maximum atomic E-state index is 12.9. The van der Waals surface area contributed by atoms with Gasteiger partial charge in [0, 0.05) is 35.1 Å². The molecule has 0 aliphatic carbocycles. The summed E-state index contributed by atoms with van der Waals surface area (Å²) in [6, 6.07) is 21.7. The molecule has 0 N–H and O–H groups in total. The second-order valence-electron chi connectivity index (χ2n) is 8.32. The summed E-state index contributed by atoms with van der Waals surface area (Å²) in [5.74, 6) is 1.00. The largest absolute Gasteiger partial charge is 0.462 e. The topological polar surface area (TPSA) is 55.0 Å². The molecule has 2 aromatic heterocycles. The molecule has 7 heteroatoms. The van der Waals surface area contributed by atoms with Crippen LogP contribution in [0, 0.1) is 0 Å². The number of fused-ring (bicyclic) bond motifs is 1. The minimum atomic E-state index is -0.312. The molecule has 2 aromatic carbocycles. The molecule has 0 amide bonds. The summed E-state index contributed by atoms with van der Waals surface area (Å²) < 4.78 is 11.3. The van der Waals surface area contributed by atoms with E-state index < -0.39 is 0 Å². The number of furan rings is 1. The fourth-order valence-electron chi connectivity index (χ4n) is 4.26. The van der Waals surface area contributed by atoms with Crippen LogP contribution in [0.4, 0.5) is 5.00 Å². The highest BCUT2D eigenvalue weighted by Gasteiger charge is 2.28. The Morgan fingerprint density at radius 3 is 2.83 bits per heavy atom. The van der Waals surface area contributed by atoms with Gasteiger partial charge >= 0.3 is 5.97 Å². The number of hydrogen-bond donors (Lipinski definition) is 0. The van der Waals surface area contributed by atoms with Gasteiger partial charge in [0.15, 0.2) is 0 Å². The van der Waals surface area contributed by atoms with Gasteiger partial charge in [-0.2, -0.15) is 0 Å². The van der Waals surface area contributed by atoms with Gasteiger partial charge in [-0.1, -0.05) is 54.1 Å². The van der Waals surface area contributed by atoms with Crippen LogP contribution in [-0.2, 0) is 24.2 Å². The van der Waals surface area contributed by atoms with Gasteiger partial charge < -0.3 is 9.15 Å². The molecule has 5 rings (SSSR count). The Bertz CT molecular complexity index is 1360. The zero-order valence-corrected chi connectivity index (χ0v) is 20.9. The zero-order chi connectivity index (χ0) is 24.2. The molecular formula is C28H25ClN2O3S. The molecule has 5 nitrogen and oxygen atoms in total. The zero-order valence-electron chi connectivity index (χ0n) is 19.4. The number of halogens is 1. The molecule has 4 aromatic rings. The Balaban J connectivity index is 1.40. The van der Waals surface area contributed by atoms with E-state index in [0.717, 1.165) is 37.2 Å². The Morgan fingerprint density at radius 2 is 2.03 bits per heavy atom. The van der Waals surface area contributed by atoms with Crippen molar-refractivity contribution in [3.8, 4) is 11.3 Å². The first-order valence-electron chi connectivity index (χ1n) is 11.6. The van der Waals surface area contributed by atoms with Crippen molar-refractivity contribution in [2.45, 2.75) is 26.4 Å². The number of thiophene rings is 1. The van der Waals surface area contributed by atoms with Gasteiger partial charge in [0.2, 0.25) is 0 Å². The maximum Gasteiger partial charge on any atom is 0.341 e. The Hall–Kier alpha value is -3.19. The Kier molecular flexibility index (Phi) is 7.13. The van der Waals surface area contributed by atoms with E-state index >= 15 is 0 Å². The summed E-state index contributed by atoms with van der Waals surface area (Å²) in [5, 5.41) is 1.31. The molecule has 178 valence electrons. The van der Waals surface area contributed by atoms with Crippen LogP contribution in [0.1, 0.15) is 39.0 Å². The molecule has 35 heavy (non-hydrogen) atoms. The molecule has 0 unspecified atom stereocenters. The van der Waals surface area contributed by atoms with Crippen molar-refractivity contribution >= 4 is 40.1 Å². The quantitative estimate of drug-likeness (QED) is 0.198. The highest BCUT2D eigenvalue weighted by molar-refractivity contribution is 7.16. The number of nitrogens with zero attached hydrogens (tertiary/aromatic N) is 2. The predicted octanol–water partition coefficient (Wildman–Crippen LogP) is 7.15. The summed E-state index contributed by atoms with van der Waals surface area (Å²) in [7, 11) is 0. The minimum Gasteiger partial charge on any atom is -0.462 e. The summed E-state index contributed by atoms with van der Waals surface area (Å²) in [5.41, 5.74) is 3.83. The summed E-state index contributed by atoms with van der Waals surface area (Å²) in [4.78, 5) is 21.1. The number of aliphatic imine (C=N–C) groups is 1. The van der Waals surface area contributed by atoms with Gasteiger partial charge in [0.1, 0.15) is 16.5 Å². The summed E-state index contributed by atoms with van der Waals surface area (Å²) in [6.45, 7) is 4.70. The van der Waals surface area contributed by atoms with Crippen LogP contribution in [0.3, 0.4) is 0 Å². The number of benzene rings is 2. The van der Waals surface area contributed by atoms with Crippen LogP contribution < -0.4 is 0 Å². The molecule has 0 radical (unpaired) electrons. The molecule has 0 atom stereocenters. The van der Waals surface area contributed by atoms with Gasteiger partial charge in [-0.05, 0) is 48.7 Å². The number of ether oxygens (including phenoxy) is 1. The number of carbonyl (C=O) groups is 1. The number of rotatable bonds is 7.